The summed E-state index contributed by atoms with van der Waals surface area (Å²) in [6, 6.07) is 6.79. The molecule has 2 fully saturated rings. The highest BCUT2D eigenvalue weighted by atomic mass is 19.1. The molecule has 2 atom stereocenters. The van der Waals surface area contributed by atoms with Crippen LogP contribution in [0.25, 0.3) is 28.0 Å². The molecule has 2 aliphatic heterocycles. The van der Waals surface area contributed by atoms with E-state index in [1.165, 1.54) is 41.9 Å². The Kier molecular flexibility index (Phi) is 6.10. The number of nitrogens with zero attached hydrogens (tertiary/aromatic N) is 5. The maximum atomic E-state index is 14.3. The van der Waals surface area contributed by atoms with Gasteiger partial charge in [0.05, 0.1) is 28.7 Å². The normalized spacial score (nSPS) is 20.5. The van der Waals surface area contributed by atoms with Gasteiger partial charge in [0, 0.05) is 35.3 Å². The Morgan fingerprint density at radius 1 is 1.08 bits per heavy atom. The van der Waals surface area contributed by atoms with Crippen molar-refractivity contribution in [1.82, 2.24) is 24.5 Å². The molecule has 1 amide bonds. The molecule has 0 spiro atoms. The number of halogens is 2. The fourth-order valence-electron chi connectivity index (χ4n) is 6.23. The van der Waals surface area contributed by atoms with Gasteiger partial charge in [0.2, 0.25) is 5.91 Å². The van der Waals surface area contributed by atoms with Crippen LogP contribution in [-0.2, 0) is 4.79 Å². The molecule has 39 heavy (non-hydrogen) atoms. The molecule has 5 heterocycles. The van der Waals surface area contributed by atoms with Gasteiger partial charge < -0.3 is 15.7 Å². The fraction of sp³-hybridized carbons (Fsp3) is 0.321. The molecule has 200 valence electrons. The van der Waals surface area contributed by atoms with Crippen LogP contribution in [0.4, 0.5) is 14.6 Å². The summed E-state index contributed by atoms with van der Waals surface area (Å²) in [7, 11) is 0. The number of hydrogen-bond acceptors (Lipinski definition) is 7. The lowest BCUT2D eigenvalue weighted by molar-refractivity contribution is -0.138. The highest BCUT2D eigenvalue weighted by Gasteiger charge is 2.44. The van der Waals surface area contributed by atoms with Crippen molar-refractivity contribution < 1.29 is 23.5 Å². The zero-order chi connectivity index (χ0) is 27.4. The number of ketones is 1. The van der Waals surface area contributed by atoms with E-state index in [2.05, 4.69) is 10.1 Å². The molecule has 11 heteroatoms. The number of hydrogen-bond donors (Lipinski definition) is 2. The SMILES string of the molecule is CC(=O)c1c(C2CC3CCC(C2)N3C(=O)CO)nc2c(-c3ccc(-c4c(F)cccc4F)nc3)cnn2c1N. The summed E-state index contributed by atoms with van der Waals surface area (Å²) < 4.78 is 29.9. The Morgan fingerprint density at radius 3 is 2.36 bits per heavy atom. The van der Waals surface area contributed by atoms with Crippen molar-refractivity contribution in [2.24, 2.45) is 0 Å². The Labute approximate surface area is 222 Å². The summed E-state index contributed by atoms with van der Waals surface area (Å²) >= 11 is 0. The Bertz CT molecular complexity index is 1590. The Hall–Kier alpha value is -4.25. The maximum Gasteiger partial charge on any atom is 0.248 e. The van der Waals surface area contributed by atoms with Crippen LogP contribution in [0.5, 0.6) is 0 Å². The number of aliphatic hydroxyl groups is 1. The third-order valence-corrected chi connectivity index (χ3v) is 7.90. The number of Topliss-reactive ketones (excluding diaryl/α,β-unsaturated/α-hetero) is 1. The Balaban J connectivity index is 1.41. The lowest BCUT2D eigenvalue weighted by Crippen LogP contribution is -2.47. The van der Waals surface area contributed by atoms with Gasteiger partial charge in [0.15, 0.2) is 11.4 Å². The van der Waals surface area contributed by atoms with E-state index in [0.717, 1.165) is 12.8 Å². The minimum absolute atomic E-state index is 0.0348. The summed E-state index contributed by atoms with van der Waals surface area (Å²) in [6.45, 7) is 0.916. The van der Waals surface area contributed by atoms with Crippen molar-refractivity contribution in [2.45, 2.75) is 50.6 Å². The quantitative estimate of drug-likeness (QED) is 0.375. The van der Waals surface area contributed by atoms with Crippen LogP contribution in [-0.4, -0.2) is 60.0 Å². The minimum Gasteiger partial charge on any atom is -0.387 e. The number of carbonyl (C=O) groups excluding carboxylic acids is 2. The van der Waals surface area contributed by atoms with Crippen LogP contribution in [0.1, 0.15) is 54.6 Å². The van der Waals surface area contributed by atoms with E-state index in [0.29, 0.717) is 40.9 Å². The first kappa shape index (κ1) is 25.1. The molecular formula is C28H26F2N6O3. The molecule has 3 N–H and O–H groups in total. The molecule has 9 nitrogen and oxygen atoms in total. The van der Waals surface area contributed by atoms with Crippen LogP contribution in [0.15, 0.2) is 42.7 Å². The number of carbonyl (C=O) groups is 2. The van der Waals surface area contributed by atoms with E-state index in [-0.39, 0.29) is 46.8 Å². The van der Waals surface area contributed by atoms with Crippen LogP contribution in [0, 0.1) is 11.6 Å². The van der Waals surface area contributed by atoms with Crippen molar-refractivity contribution in [3.8, 4) is 22.4 Å². The first-order valence-electron chi connectivity index (χ1n) is 12.8. The van der Waals surface area contributed by atoms with E-state index in [1.807, 2.05) is 0 Å². The minimum atomic E-state index is -0.706. The Morgan fingerprint density at radius 2 is 1.77 bits per heavy atom. The van der Waals surface area contributed by atoms with Gasteiger partial charge >= 0.3 is 0 Å². The van der Waals surface area contributed by atoms with Gasteiger partial charge in [-0.05, 0) is 50.8 Å². The number of benzene rings is 1. The number of amides is 1. The van der Waals surface area contributed by atoms with Gasteiger partial charge in [0.25, 0.3) is 0 Å². The van der Waals surface area contributed by atoms with Crippen LogP contribution in [0.2, 0.25) is 0 Å². The number of nitrogens with two attached hydrogens (primary N) is 1. The number of rotatable bonds is 5. The number of fused-ring (bicyclic) bond motifs is 3. The number of piperidine rings is 1. The van der Waals surface area contributed by atoms with Gasteiger partial charge in [-0.1, -0.05) is 12.1 Å². The second kappa shape index (κ2) is 9.49. The molecule has 2 bridgehead atoms. The summed E-state index contributed by atoms with van der Waals surface area (Å²) in [5, 5.41) is 13.8. The smallest absolute Gasteiger partial charge is 0.248 e. The average Bonchev–Trinajstić information content (AvgIpc) is 3.46. The summed E-state index contributed by atoms with van der Waals surface area (Å²) in [4.78, 5) is 36.0. The lowest BCUT2D eigenvalue weighted by Gasteiger charge is -2.39. The van der Waals surface area contributed by atoms with E-state index < -0.39 is 18.2 Å². The molecule has 1 aromatic carbocycles. The number of nitrogen functional groups attached to an aromatic ring is 1. The predicted molar refractivity (Wildman–Crippen MR) is 139 cm³/mol. The fourth-order valence-corrected chi connectivity index (χ4v) is 6.23. The van der Waals surface area contributed by atoms with Gasteiger partial charge in [0.1, 0.15) is 24.1 Å². The third kappa shape index (κ3) is 4.04. The van der Waals surface area contributed by atoms with Crippen molar-refractivity contribution in [3.63, 3.8) is 0 Å². The molecule has 2 aliphatic rings. The average molecular weight is 533 g/mol. The largest absolute Gasteiger partial charge is 0.387 e. The number of anilines is 1. The summed E-state index contributed by atoms with van der Waals surface area (Å²) in [6.07, 6.45) is 5.95. The molecule has 3 aromatic heterocycles. The van der Waals surface area contributed by atoms with Crippen LogP contribution >= 0.6 is 0 Å². The molecule has 0 radical (unpaired) electrons. The van der Waals surface area contributed by atoms with Gasteiger partial charge in [-0.3, -0.25) is 14.6 Å². The molecule has 4 aromatic rings. The van der Waals surface area contributed by atoms with Gasteiger partial charge in [-0.15, -0.1) is 0 Å². The standard InChI is InChI=1S/C28H26F2N6O3/c1-14(38)24-26(16-9-17-6-7-18(10-16)35(17)23(39)13-37)34-28-19(12-33-36(28)27(24)31)15-5-8-22(32-11-15)25-20(29)3-2-4-21(25)30/h2-5,8,11-12,16-18,37H,6-7,9-10,13,31H2,1H3. The molecule has 2 saturated heterocycles. The maximum absolute atomic E-state index is 14.3. The first-order valence-corrected chi connectivity index (χ1v) is 12.8. The number of aromatic nitrogens is 4. The molecule has 0 aliphatic carbocycles. The predicted octanol–water partition coefficient (Wildman–Crippen LogP) is 3.75. The van der Waals surface area contributed by atoms with Crippen LogP contribution in [0.3, 0.4) is 0 Å². The third-order valence-electron chi connectivity index (χ3n) is 7.90. The zero-order valence-electron chi connectivity index (χ0n) is 21.1. The highest BCUT2D eigenvalue weighted by Crippen LogP contribution is 2.44. The molecule has 0 saturated carbocycles. The first-order chi connectivity index (χ1) is 18.8. The van der Waals surface area contributed by atoms with Crippen molar-refractivity contribution in [3.05, 3.63) is 65.6 Å². The monoisotopic (exact) mass is 532 g/mol. The summed E-state index contributed by atoms with van der Waals surface area (Å²) in [5.74, 6) is -1.85. The highest BCUT2D eigenvalue weighted by molar-refractivity contribution is 6.00. The van der Waals surface area contributed by atoms with Gasteiger partial charge in [-0.2, -0.15) is 9.61 Å². The number of pyridine rings is 1. The second-order valence-corrected chi connectivity index (χ2v) is 10.1. The molecule has 6 rings (SSSR count). The van der Waals surface area contributed by atoms with Crippen molar-refractivity contribution in [2.75, 3.05) is 12.3 Å². The summed E-state index contributed by atoms with van der Waals surface area (Å²) in [5.41, 5.74) is 8.94. The second-order valence-electron chi connectivity index (χ2n) is 10.1. The van der Waals surface area contributed by atoms with E-state index in [1.54, 1.807) is 17.2 Å². The van der Waals surface area contributed by atoms with Crippen LogP contribution < -0.4 is 5.73 Å². The van der Waals surface area contributed by atoms with E-state index in [9.17, 15) is 23.5 Å². The molecular weight excluding hydrogens is 506 g/mol. The number of aliphatic hydroxyl groups excluding tert-OH is 1. The molecule has 2 unspecified atom stereocenters. The van der Waals surface area contributed by atoms with E-state index >= 15 is 0 Å². The zero-order valence-corrected chi connectivity index (χ0v) is 21.1. The topological polar surface area (TPSA) is 127 Å². The van der Waals surface area contributed by atoms with Crippen molar-refractivity contribution >= 4 is 23.2 Å². The van der Waals surface area contributed by atoms with Gasteiger partial charge in [-0.25, -0.2) is 13.8 Å². The van der Waals surface area contributed by atoms with Crippen molar-refractivity contribution in [1.29, 1.82) is 0 Å². The van der Waals surface area contributed by atoms with E-state index in [4.69, 9.17) is 10.7 Å². The lowest BCUT2D eigenvalue weighted by atomic mass is 9.85.